The number of ketones is 1. The second-order valence-corrected chi connectivity index (χ2v) is 64.5. The Morgan fingerprint density at radius 2 is 1.21 bits per heavy atom. The lowest BCUT2D eigenvalue weighted by atomic mass is 9.81. The quantitative estimate of drug-likeness (QED) is 0.0297. The number of aryl methyl sites for hydroxylation is 1. The zero-order valence-electron chi connectivity index (χ0n) is 67.5. The maximum Gasteiger partial charge on any atom is 0.193 e. The average molecular weight is 1620 g/mol. The number of benzene rings is 1. The molecular formula is C78H139IO15SSi5. The summed E-state index contributed by atoms with van der Waals surface area (Å²) in [6, 6.07) is 7.01. The summed E-state index contributed by atoms with van der Waals surface area (Å²) in [5, 5.41) is -2.39. The van der Waals surface area contributed by atoms with Crippen LogP contribution < -0.4 is 0 Å². The molecule has 5 unspecified atom stereocenters. The van der Waals surface area contributed by atoms with Crippen LogP contribution in [0.2, 0.25) is 90.7 Å². The molecule has 18 atom stereocenters. The van der Waals surface area contributed by atoms with Crippen molar-refractivity contribution in [3.63, 3.8) is 0 Å². The molecular weight excluding hydrogens is 1480 g/mol. The number of ether oxygens (including phenoxy) is 6. The lowest BCUT2D eigenvalue weighted by molar-refractivity contribution is -0.266. The van der Waals surface area contributed by atoms with Crippen molar-refractivity contribution >= 4 is 86.1 Å². The molecule has 0 bridgehead atoms. The van der Waals surface area contributed by atoms with Crippen molar-refractivity contribution in [3.8, 4) is 0 Å². The summed E-state index contributed by atoms with van der Waals surface area (Å²) in [5.74, 6) is -1.45. The standard InChI is InChI=1S/C78H139IO15SSi5/c1-31-54-34-38-59(39-35-54)95(82,83)73(60(81)47-57-37-41-62-69(88-57)71(93-99(27,28)77(14,15)16)72(94-100(29,30)78(17,18)19)70(90-62)63(42-43-79)92-98(25,26)76(11,12)13)67-65(49-64-53(4)51(2)45-56(87-64)36-40-61-52(3)46-55(86-61)33-32-44-80)89-66(68(67)84-20)48-58(91-97(23,24)75(8,9)10)50-85-96(21,22)74(5,6)7/h34-35,38-39,42-44,51,55-58,61-73H,3-4,31-33,36-37,40-41,45-50H2,1-2,5-30H3/b43-42+/t51-,55+,56+,57?,58+,61+,62+,63?,64-,65+,66-,67+,68+,69+,70+,71?,72?,73?/m1/s1. The zero-order valence-corrected chi connectivity index (χ0v) is 75.4. The Morgan fingerprint density at radius 1 is 0.660 bits per heavy atom. The molecule has 5 heterocycles. The number of hydrogen-bond acceptors (Lipinski definition) is 15. The van der Waals surface area contributed by atoms with Crippen LogP contribution in [0.3, 0.4) is 0 Å². The Balaban J connectivity index is 1.51. The van der Waals surface area contributed by atoms with Gasteiger partial charge in [-0.1, -0.05) is 166 Å². The third kappa shape index (κ3) is 21.3. The van der Waals surface area contributed by atoms with E-state index < -0.39 is 142 Å². The molecule has 5 fully saturated rings. The van der Waals surface area contributed by atoms with Gasteiger partial charge in [-0.25, -0.2) is 8.42 Å². The van der Waals surface area contributed by atoms with Crippen LogP contribution in [-0.2, 0) is 76.4 Å². The van der Waals surface area contributed by atoms with Gasteiger partial charge in [0.1, 0.15) is 36.0 Å². The van der Waals surface area contributed by atoms with Gasteiger partial charge >= 0.3 is 0 Å². The molecule has 0 amide bonds. The lowest BCUT2D eigenvalue weighted by Crippen LogP contribution is -2.69. The predicted molar refractivity (Wildman–Crippen MR) is 428 cm³/mol. The number of Topliss-reactive ketones (excluding diaryl/α,β-unsaturated/α-hetero) is 1. The molecule has 0 N–H and O–H groups in total. The van der Waals surface area contributed by atoms with Crippen molar-refractivity contribution in [2.45, 2.75) is 387 Å². The van der Waals surface area contributed by atoms with Crippen molar-refractivity contribution in [2.24, 2.45) is 11.8 Å². The molecule has 0 aromatic heterocycles. The number of aldehydes is 1. The highest BCUT2D eigenvalue weighted by atomic mass is 127. The van der Waals surface area contributed by atoms with Gasteiger partial charge < -0.3 is 55.3 Å². The molecule has 5 aliphatic rings. The molecule has 15 nitrogen and oxygen atoms in total. The molecule has 0 aliphatic carbocycles. The minimum absolute atomic E-state index is 0.0381. The molecule has 100 heavy (non-hydrogen) atoms. The van der Waals surface area contributed by atoms with Gasteiger partial charge in [0.15, 0.2) is 57.2 Å². The molecule has 0 spiro atoms. The van der Waals surface area contributed by atoms with Crippen LogP contribution in [0.5, 0.6) is 0 Å². The van der Waals surface area contributed by atoms with E-state index in [0.29, 0.717) is 58.0 Å². The Kier molecular flexibility index (Phi) is 29.9. The number of carbonyl (C=O) groups is 2. The Hall–Kier alpha value is -0.896. The highest BCUT2D eigenvalue weighted by molar-refractivity contribution is 14.1. The third-order valence-electron chi connectivity index (χ3n) is 25.3. The van der Waals surface area contributed by atoms with E-state index in [1.807, 2.05) is 23.1 Å². The number of hydrogen-bond donors (Lipinski definition) is 0. The van der Waals surface area contributed by atoms with E-state index >= 15 is 13.2 Å². The number of fused-ring (bicyclic) bond motifs is 1. The highest BCUT2D eigenvalue weighted by Crippen LogP contribution is 2.51. The van der Waals surface area contributed by atoms with E-state index in [2.05, 4.69) is 211 Å². The summed E-state index contributed by atoms with van der Waals surface area (Å²) in [6.45, 7) is 69.9. The number of halogens is 1. The Bertz CT molecular complexity index is 3030. The fraction of sp³-hybridized carbons (Fsp3) is 0.821. The van der Waals surface area contributed by atoms with E-state index in [9.17, 15) is 4.79 Å². The first-order chi connectivity index (χ1) is 45.7. The average Bonchev–Trinajstić information content (AvgIpc) is 1.15. The monoisotopic (exact) mass is 1610 g/mol. The lowest BCUT2D eigenvalue weighted by Gasteiger charge is -2.56. The molecule has 1 aromatic carbocycles. The third-order valence-corrected chi connectivity index (χ3v) is 50.3. The number of methoxy groups -OCH3 is 1. The number of carbonyl (C=O) groups excluding carboxylic acids is 2. The first-order valence-corrected chi connectivity index (χ1v) is 55.1. The van der Waals surface area contributed by atoms with Gasteiger partial charge in [-0.3, -0.25) is 4.79 Å². The summed E-state index contributed by atoms with van der Waals surface area (Å²) < 4.78 is 115. The van der Waals surface area contributed by atoms with Crippen LogP contribution in [0.1, 0.15) is 194 Å². The smallest absolute Gasteiger partial charge is 0.193 e. The molecule has 22 heteroatoms. The largest absolute Gasteiger partial charge is 0.414 e. The summed E-state index contributed by atoms with van der Waals surface area (Å²) in [6.07, 6.45) is 0.933. The van der Waals surface area contributed by atoms with Gasteiger partial charge in [0.05, 0.1) is 78.6 Å². The minimum atomic E-state index is -4.55. The summed E-state index contributed by atoms with van der Waals surface area (Å²) in [4.78, 5) is 28.0. The van der Waals surface area contributed by atoms with Crippen molar-refractivity contribution in [2.75, 3.05) is 13.7 Å². The summed E-state index contributed by atoms with van der Waals surface area (Å²) in [5.41, 5.74) is 2.90. The second-order valence-electron chi connectivity index (χ2n) is 37.8. The van der Waals surface area contributed by atoms with Gasteiger partial charge in [-0.2, -0.15) is 0 Å². The molecule has 5 saturated heterocycles. The van der Waals surface area contributed by atoms with Crippen LogP contribution in [0, 0.1) is 11.8 Å². The fourth-order valence-electron chi connectivity index (χ4n) is 13.6. The van der Waals surface area contributed by atoms with Gasteiger partial charge in [0, 0.05) is 38.7 Å². The van der Waals surface area contributed by atoms with Gasteiger partial charge in [-0.15, -0.1) is 0 Å². The normalized spacial score (nSPS) is 30.0. The maximum atomic E-state index is 16.7. The van der Waals surface area contributed by atoms with Crippen LogP contribution in [0.4, 0.5) is 0 Å². The molecule has 0 saturated carbocycles. The first kappa shape index (κ1) is 88.0. The summed E-state index contributed by atoms with van der Waals surface area (Å²) >= 11 is 2.29. The fourth-order valence-corrected chi connectivity index (χ4v) is 22.3. The van der Waals surface area contributed by atoms with Crippen molar-refractivity contribution < 1.29 is 68.6 Å². The van der Waals surface area contributed by atoms with Gasteiger partial charge in [-0.05, 0) is 187 Å². The molecule has 574 valence electrons. The second kappa shape index (κ2) is 33.9. The van der Waals surface area contributed by atoms with E-state index in [4.69, 9.17) is 57.1 Å². The molecule has 6 rings (SSSR count). The van der Waals surface area contributed by atoms with E-state index in [1.54, 1.807) is 19.2 Å². The van der Waals surface area contributed by atoms with Crippen molar-refractivity contribution in [1.82, 2.24) is 0 Å². The van der Waals surface area contributed by atoms with Crippen molar-refractivity contribution in [3.05, 3.63) is 64.3 Å². The Morgan fingerprint density at radius 3 is 1.74 bits per heavy atom. The minimum Gasteiger partial charge on any atom is -0.414 e. The van der Waals surface area contributed by atoms with Gasteiger partial charge in [0.25, 0.3) is 0 Å². The highest BCUT2D eigenvalue weighted by Gasteiger charge is 2.61. The molecule has 0 radical (unpaired) electrons. The predicted octanol–water partition coefficient (Wildman–Crippen LogP) is 19.2. The van der Waals surface area contributed by atoms with Crippen molar-refractivity contribution in [1.29, 1.82) is 0 Å². The van der Waals surface area contributed by atoms with Crippen LogP contribution >= 0.6 is 22.6 Å². The molecule has 5 aliphatic heterocycles. The van der Waals surface area contributed by atoms with Gasteiger partial charge in [0.2, 0.25) is 0 Å². The molecule has 1 aromatic rings. The SMILES string of the molecule is C=C1C[C@H](CCC=O)O[C@H]1CC[C@H]1C[C@@H](C)C(=C)[C@@H](C[C@@H]2O[C@H](C[C@@H](CO[Si](C)(C)C(C)(C)C)O[Si](C)(C)C(C)(C)C)[C@H](OC)[C@H]2C(C(=O)CC2CC[C@@H]3O[C@@H](C(/C=C/I)O[Si](C)(C)C(C)(C)C)C(O[Si](C)(C)C(C)(C)C)C(O[Si](C)(C)C(C)(C)C)[C@H]3O2)S(=O)(=O)c2ccc(CC)cc2)O1. The van der Waals surface area contributed by atoms with Crippen LogP contribution in [-0.4, -0.2) is 173 Å². The Labute approximate surface area is 627 Å². The number of sulfone groups is 1. The van der Waals surface area contributed by atoms with E-state index in [1.165, 1.54) is 0 Å². The first-order valence-electron chi connectivity index (χ1n) is 37.8. The number of rotatable bonds is 31. The maximum absolute atomic E-state index is 16.7. The van der Waals surface area contributed by atoms with E-state index in [0.717, 1.165) is 35.8 Å². The summed E-state index contributed by atoms with van der Waals surface area (Å²) in [7, 11) is -15.5. The van der Waals surface area contributed by atoms with Crippen LogP contribution in [0.25, 0.3) is 0 Å². The topological polar surface area (TPSA) is 170 Å². The van der Waals surface area contributed by atoms with Crippen LogP contribution in [0.15, 0.2) is 63.6 Å². The van der Waals surface area contributed by atoms with E-state index in [-0.39, 0.29) is 67.2 Å². The zero-order chi connectivity index (χ0) is 75.7.